The molecule has 1 aliphatic heterocycles. The van der Waals surface area contributed by atoms with Gasteiger partial charge in [-0.3, -0.25) is 4.79 Å². The van der Waals surface area contributed by atoms with Gasteiger partial charge >= 0.3 is 5.97 Å². The summed E-state index contributed by atoms with van der Waals surface area (Å²) in [6.45, 7) is 1.14. The van der Waals surface area contributed by atoms with Crippen molar-refractivity contribution in [3.05, 3.63) is 65.2 Å². The SMILES string of the molecule is O=C(O)c1ccc(C(=O)N2CCOC(c3ccc(F)cc3)C2)cn1. The van der Waals surface area contributed by atoms with Crippen LogP contribution in [0.3, 0.4) is 0 Å². The zero-order chi connectivity index (χ0) is 17.1. The number of carboxylic acid groups (broad SMARTS) is 1. The molecule has 1 unspecified atom stereocenters. The Labute approximate surface area is 137 Å². The molecule has 1 saturated heterocycles. The molecule has 7 heteroatoms. The molecule has 1 aliphatic rings. The minimum atomic E-state index is -1.14. The summed E-state index contributed by atoms with van der Waals surface area (Å²) in [6, 6.07) is 8.73. The largest absolute Gasteiger partial charge is 0.477 e. The minimum absolute atomic E-state index is 0.113. The number of morpholine rings is 1. The fourth-order valence-corrected chi connectivity index (χ4v) is 2.54. The summed E-state index contributed by atoms with van der Waals surface area (Å²) >= 11 is 0. The molecule has 24 heavy (non-hydrogen) atoms. The highest BCUT2D eigenvalue weighted by atomic mass is 19.1. The van der Waals surface area contributed by atoms with Crippen LogP contribution in [0.5, 0.6) is 0 Å². The van der Waals surface area contributed by atoms with Crippen molar-refractivity contribution in [1.82, 2.24) is 9.88 Å². The minimum Gasteiger partial charge on any atom is -0.477 e. The molecule has 0 bridgehead atoms. The van der Waals surface area contributed by atoms with Gasteiger partial charge in [-0.2, -0.15) is 0 Å². The number of carbonyl (C=O) groups is 2. The van der Waals surface area contributed by atoms with E-state index in [1.807, 2.05) is 0 Å². The van der Waals surface area contributed by atoms with Gasteiger partial charge in [0.1, 0.15) is 17.6 Å². The monoisotopic (exact) mass is 330 g/mol. The van der Waals surface area contributed by atoms with Crippen LogP contribution in [0.1, 0.15) is 32.5 Å². The van der Waals surface area contributed by atoms with Crippen molar-refractivity contribution < 1.29 is 23.8 Å². The van der Waals surface area contributed by atoms with Crippen molar-refractivity contribution in [3.63, 3.8) is 0 Å². The molecule has 1 N–H and O–H groups in total. The first kappa shape index (κ1) is 16.1. The lowest BCUT2D eigenvalue weighted by molar-refractivity contribution is -0.0228. The average Bonchev–Trinajstić information content (AvgIpc) is 2.62. The van der Waals surface area contributed by atoms with Gasteiger partial charge in [0.15, 0.2) is 0 Å². The van der Waals surface area contributed by atoms with E-state index in [2.05, 4.69) is 4.98 Å². The maximum atomic E-state index is 13.0. The molecule has 0 saturated carbocycles. The molecule has 0 aliphatic carbocycles. The van der Waals surface area contributed by atoms with Crippen LogP contribution in [0.25, 0.3) is 0 Å². The van der Waals surface area contributed by atoms with Gasteiger partial charge in [0, 0.05) is 12.7 Å². The number of hydrogen-bond acceptors (Lipinski definition) is 4. The van der Waals surface area contributed by atoms with E-state index in [0.29, 0.717) is 25.3 Å². The molecule has 6 nitrogen and oxygen atoms in total. The molecular formula is C17H15FN2O4. The third kappa shape index (κ3) is 3.41. The van der Waals surface area contributed by atoms with Crippen LogP contribution >= 0.6 is 0 Å². The predicted octanol–water partition coefficient (Wildman–Crippen LogP) is 2.13. The van der Waals surface area contributed by atoms with E-state index in [4.69, 9.17) is 9.84 Å². The maximum Gasteiger partial charge on any atom is 0.354 e. The lowest BCUT2D eigenvalue weighted by Crippen LogP contribution is -2.42. The Bertz CT molecular complexity index is 746. The normalized spacial score (nSPS) is 17.5. The first-order chi connectivity index (χ1) is 11.5. The van der Waals surface area contributed by atoms with Gasteiger partial charge in [-0.25, -0.2) is 14.2 Å². The average molecular weight is 330 g/mol. The number of amides is 1. The molecule has 124 valence electrons. The molecule has 0 radical (unpaired) electrons. The lowest BCUT2D eigenvalue weighted by Gasteiger charge is -2.33. The molecule has 1 aromatic carbocycles. The number of pyridine rings is 1. The van der Waals surface area contributed by atoms with Crippen molar-refractivity contribution in [2.24, 2.45) is 0 Å². The van der Waals surface area contributed by atoms with Gasteiger partial charge in [0.05, 0.1) is 18.7 Å². The molecule has 2 aromatic rings. The first-order valence-electron chi connectivity index (χ1n) is 7.40. The second-order valence-electron chi connectivity index (χ2n) is 5.40. The molecule has 1 aromatic heterocycles. The van der Waals surface area contributed by atoms with Crippen LogP contribution in [-0.4, -0.2) is 46.6 Å². The Morgan fingerprint density at radius 3 is 2.58 bits per heavy atom. The number of rotatable bonds is 3. The lowest BCUT2D eigenvalue weighted by atomic mass is 10.1. The maximum absolute atomic E-state index is 13.0. The summed E-state index contributed by atoms with van der Waals surface area (Å²) in [6.07, 6.45) is 0.934. The van der Waals surface area contributed by atoms with E-state index in [9.17, 15) is 14.0 Å². The highest BCUT2D eigenvalue weighted by Crippen LogP contribution is 2.23. The van der Waals surface area contributed by atoms with E-state index in [1.54, 1.807) is 17.0 Å². The smallest absolute Gasteiger partial charge is 0.354 e. The van der Waals surface area contributed by atoms with E-state index < -0.39 is 5.97 Å². The van der Waals surface area contributed by atoms with Gasteiger partial charge < -0.3 is 14.7 Å². The Hall–Kier alpha value is -2.80. The number of benzene rings is 1. The van der Waals surface area contributed by atoms with Crippen molar-refractivity contribution >= 4 is 11.9 Å². The molecule has 2 heterocycles. The van der Waals surface area contributed by atoms with E-state index in [1.165, 1.54) is 30.5 Å². The zero-order valence-electron chi connectivity index (χ0n) is 12.7. The number of carboxylic acids is 1. The number of carbonyl (C=O) groups excluding carboxylic acids is 1. The van der Waals surface area contributed by atoms with Crippen LogP contribution in [0.15, 0.2) is 42.6 Å². The Morgan fingerprint density at radius 2 is 1.96 bits per heavy atom. The second kappa shape index (κ2) is 6.76. The van der Waals surface area contributed by atoms with Crippen molar-refractivity contribution in [2.45, 2.75) is 6.10 Å². The van der Waals surface area contributed by atoms with E-state index >= 15 is 0 Å². The quantitative estimate of drug-likeness (QED) is 0.932. The Kier molecular flexibility index (Phi) is 4.52. The van der Waals surface area contributed by atoms with Crippen LogP contribution < -0.4 is 0 Å². The molecule has 1 amide bonds. The van der Waals surface area contributed by atoms with Crippen molar-refractivity contribution in [1.29, 1.82) is 0 Å². The standard InChI is InChI=1S/C17H15FN2O4/c18-13-4-1-11(2-5-13)15-10-20(7-8-24-15)16(21)12-3-6-14(17(22)23)19-9-12/h1-6,9,15H,7-8,10H2,(H,22,23). The summed E-state index contributed by atoms with van der Waals surface area (Å²) < 4.78 is 18.7. The van der Waals surface area contributed by atoms with Gasteiger partial charge in [0.25, 0.3) is 5.91 Å². The molecule has 0 spiro atoms. The van der Waals surface area contributed by atoms with Gasteiger partial charge in [-0.05, 0) is 29.8 Å². The summed E-state index contributed by atoms with van der Waals surface area (Å²) in [5.74, 6) is -1.71. The first-order valence-corrected chi connectivity index (χ1v) is 7.40. The van der Waals surface area contributed by atoms with Gasteiger partial charge in [-0.15, -0.1) is 0 Å². The number of ether oxygens (including phenoxy) is 1. The fourth-order valence-electron chi connectivity index (χ4n) is 2.54. The fraction of sp³-hybridized carbons (Fsp3) is 0.235. The summed E-state index contributed by atoms with van der Waals surface area (Å²) in [5, 5.41) is 8.84. The van der Waals surface area contributed by atoms with Gasteiger partial charge in [-0.1, -0.05) is 12.1 Å². The second-order valence-corrected chi connectivity index (χ2v) is 5.40. The molecule has 1 fully saturated rings. The summed E-state index contributed by atoms with van der Waals surface area (Å²) in [5.41, 5.74) is 1.01. The van der Waals surface area contributed by atoms with Crippen molar-refractivity contribution in [2.75, 3.05) is 19.7 Å². The summed E-state index contributed by atoms with van der Waals surface area (Å²) in [4.78, 5) is 28.7. The molecular weight excluding hydrogens is 315 g/mol. The predicted molar refractivity (Wildman–Crippen MR) is 82.2 cm³/mol. The summed E-state index contributed by atoms with van der Waals surface area (Å²) in [7, 11) is 0. The van der Waals surface area contributed by atoms with E-state index in [-0.39, 0.29) is 23.5 Å². The van der Waals surface area contributed by atoms with Crippen LogP contribution in [0, 0.1) is 5.82 Å². The molecule has 1 atom stereocenters. The van der Waals surface area contributed by atoms with Crippen molar-refractivity contribution in [3.8, 4) is 0 Å². The van der Waals surface area contributed by atoms with E-state index in [0.717, 1.165) is 5.56 Å². The highest BCUT2D eigenvalue weighted by molar-refractivity contribution is 5.95. The highest BCUT2D eigenvalue weighted by Gasteiger charge is 2.26. The van der Waals surface area contributed by atoms with Crippen LogP contribution in [0.4, 0.5) is 4.39 Å². The number of hydrogen-bond donors (Lipinski definition) is 1. The third-order valence-electron chi connectivity index (χ3n) is 3.83. The number of nitrogens with zero attached hydrogens (tertiary/aromatic N) is 2. The Balaban J connectivity index is 1.72. The van der Waals surface area contributed by atoms with Gasteiger partial charge in [0.2, 0.25) is 0 Å². The number of aromatic nitrogens is 1. The van der Waals surface area contributed by atoms with Crippen LogP contribution in [0.2, 0.25) is 0 Å². The van der Waals surface area contributed by atoms with Crippen LogP contribution in [-0.2, 0) is 4.74 Å². The number of halogens is 1. The molecule has 3 rings (SSSR count). The Morgan fingerprint density at radius 1 is 1.21 bits per heavy atom. The topological polar surface area (TPSA) is 79.7 Å². The third-order valence-corrected chi connectivity index (χ3v) is 3.83. The number of aromatic carboxylic acids is 1. The zero-order valence-corrected chi connectivity index (χ0v) is 12.7.